The van der Waals surface area contributed by atoms with Crippen LogP contribution >= 0.6 is 15.9 Å². The Kier molecular flexibility index (Phi) is 4.74. The Balaban J connectivity index is 2.24. The van der Waals surface area contributed by atoms with Crippen LogP contribution in [0.5, 0.6) is 11.8 Å². The fourth-order valence-corrected chi connectivity index (χ4v) is 1.93. The molecule has 0 aliphatic rings. The van der Waals surface area contributed by atoms with E-state index in [2.05, 4.69) is 25.9 Å². The number of nitrogens with two attached hydrogens (primary N) is 1. The van der Waals surface area contributed by atoms with E-state index in [4.69, 9.17) is 15.2 Å². The molecule has 6 nitrogen and oxygen atoms in total. The minimum atomic E-state index is -0.452. The van der Waals surface area contributed by atoms with E-state index in [1.165, 1.54) is 6.20 Å². The molecule has 2 rings (SSSR count). The molecular formula is C14H14BrN3O3. The zero-order valence-electron chi connectivity index (χ0n) is 11.6. The van der Waals surface area contributed by atoms with Crippen LogP contribution in [0.25, 0.3) is 0 Å². The average Bonchev–Trinajstić information content (AvgIpc) is 2.43. The van der Waals surface area contributed by atoms with Crippen LogP contribution in [-0.4, -0.2) is 22.5 Å². The lowest BCUT2D eigenvalue weighted by Gasteiger charge is -2.09. The van der Waals surface area contributed by atoms with Crippen LogP contribution < -0.4 is 10.5 Å². The molecule has 2 N–H and O–H groups in total. The topological polar surface area (TPSA) is 87.3 Å². The van der Waals surface area contributed by atoms with Crippen LogP contribution in [0, 0.1) is 6.92 Å². The molecule has 0 aliphatic carbocycles. The van der Waals surface area contributed by atoms with Crippen molar-refractivity contribution in [3.8, 4) is 11.8 Å². The standard InChI is InChI=1S/C14H14BrN3O3/c1-3-20-13(19)10-7-17-14(18-8(10)2)21-12-6-9(16)4-5-11(12)15/h4-7H,3,16H2,1-2H3. The second-order valence-corrected chi connectivity index (χ2v) is 5.02. The first-order chi connectivity index (χ1) is 10.0. The zero-order chi connectivity index (χ0) is 15.4. The number of aryl methyl sites for hydroxylation is 1. The molecule has 0 amide bonds. The Hall–Kier alpha value is -2.15. The molecule has 21 heavy (non-hydrogen) atoms. The summed E-state index contributed by atoms with van der Waals surface area (Å²) in [6.45, 7) is 3.73. The minimum Gasteiger partial charge on any atom is -0.462 e. The molecule has 2 aromatic rings. The van der Waals surface area contributed by atoms with Gasteiger partial charge in [-0.15, -0.1) is 0 Å². The zero-order valence-corrected chi connectivity index (χ0v) is 13.2. The molecule has 0 saturated heterocycles. The quantitative estimate of drug-likeness (QED) is 0.672. The van der Waals surface area contributed by atoms with Crippen LogP contribution in [0.4, 0.5) is 5.69 Å². The number of hydrogen-bond donors (Lipinski definition) is 1. The predicted molar refractivity (Wildman–Crippen MR) is 81.4 cm³/mol. The first-order valence-corrected chi connectivity index (χ1v) is 7.04. The van der Waals surface area contributed by atoms with E-state index in [1.54, 1.807) is 32.0 Å². The van der Waals surface area contributed by atoms with Gasteiger partial charge in [-0.3, -0.25) is 0 Å². The Bertz CT molecular complexity index is 677. The van der Waals surface area contributed by atoms with E-state index < -0.39 is 5.97 Å². The second kappa shape index (κ2) is 6.53. The molecular weight excluding hydrogens is 338 g/mol. The molecule has 1 aromatic carbocycles. The van der Waals surface area contributed by atoms with Crippen LogP contribution in [0.1, 0.15) is 23.0 Å². The summed E-state index contributed by atoms with van der Waals surface area (Å²) < 4.78 is 11.2. The molecule has 0 unspecified atom stereocenters. The van der Waals surface area contributed by atoms with Crippen molar-refractivity contribution in [3.63, 3.8) is 0 Å². The number of carbonyl (C=O) groups is 1. The number of rotatable bonds is 4. The number of anilines is 1. The molecule has 1 aromatic heterocycles. The molecule has 0 bridgehead atoms. The van der Waals surface area contributed by atoms with Gasteiger partial charge in [-0.05, 0) is 41.9 Å². The highest BCUT2D eigenvalue weighted by molar-refractivity contribution is 9.10. The molecule has 0 fully saturated rings. The number of benzene rings is 1. The third-order valence-electron chi connectivity index (χ3n) is 2.61. The van der Waals surface area contributed by atoms with Crippen molar-refractivity contribution < 1.29 is 14.3 Å². The number of carbonyl (C=O) groups excluding carboxylic acids is 1. The van der Waals surface area contributed by atoms with E-state index in [1.807, 2.05) is 0 Å². The van der Waals surface area contributed by atoms with Crippen molar-refractivity contribution in [1.82, 2.24) is 9.97 Å². The number of hydrogen-bond acceptors (Lipinski definition) is 6. The summed E-state index contributed by atoms with van der Waals surface area (Å²) in [6.07, 6.45) is 1.38. The molecule has 0 spiro atoms. The van der Waals surface area contributed by atoms with Gasteiger partial charge in [0.25, 0.3) is 0 Å². The molecule has 110 valence electrons. The fraction of sp³-hybridized carbons (Fsp3) is 0.214. The number of esters is 1. The van der Waals surface area contributed by atoms with Gasteiger partial charge in [-0.1, -0.05) is 0 Å². The van der Waals surface area contributed by atoms with Crippen molar-refractivity contribution in [1.29, 1.82) is 0 Å². The number of ether oxygens (including phenoxy) is 2. The summed E-state index contributed by atoms with van der Waals surface area (Å²) in [4.78, 5) is 19.8. The van der Waals surface area contributed by atoms with Gasteiger partial charge in [0.15, 0.2) is 0 Å². The third kappa shape index (κ3) is 3.69. The summed E-state index contributed by atoms with van der Waals surface area (Å²) >= 11 is 3.35. The van der Waals surface area contributed by atoms with Gasteiger partial charge in [-0.2, -0.15) is 4.98 Å². The Labute approximate surface area is 130 Å². The molecule has 1 heterocycles. The van der Waals surface area contributed by atoms with Crippen LogP contribution in [-0.2, 0) is 4.74 Å². The van der Waals surface area contributed by atoms with Gasteiger partial charge in [0.05, 0.1) is 22.3 Å². The maximum Gasteiger partial charge on any atom is 0.341 e. The summed E-state index contributed by atoms with van der Waals surface area (Å²) in [5.41, 5.74) is 7.07. The third-order valence-corrected chi connectivity index (χ3v) is 3.26. The highest BCUT2D eigenvalue weighted by Gasteiger charge is 2.14. The molecule has 0 saturated carbocycles. The van der Waals surface area contributed by atoms with E-state index in [9.17, 15) is 4.79 Å². The van der Waals surface area contributed by atoms with Crippen molar-refractivity contribution in [3.05, 3.63) is 40.1 Å². The lowest BCUT2D eigenvalue weighted by molar-refractivity contribution is 0.0524. The number of nitrogen functional groups attached to an aromatic ring is 1. The monoisotopic (exact) mass is 351 g/mol. The molecule has 0 radical (unpaired) electrons. The lowest BCUT2D eigenvalue weighted by atomic mass is 10.2. The minimum absolute atomic E-state index is 0.131. The maximum atomic E-state index is 11.7. The number of nitrogens with zero attached hydrogens (tertiary/aromatic N) is 2. The normalized spacial score (nSPS) is 10.2. The van der Waals surface area contributed by atoms with Gasteiger partial charge in [0, 0.05) is 18.0 Å². The van der Waals surface area contributed by atoms with Crippen molar-refractivity contribution in [2.24, 2.45) is 0 Å². The smallest absolute Gasteiger partial charge is 0.341 e. The SMILES string of the molecule is CCOC(=O)c1cnc(Oc2cc(N)ccc2Br)nc1C. The van der Waals surface area contributed by atoms with E-state index in [0.717, 1.165) is 4.47 Å². The molecule has 0 atom stereocenters. The van der Waals surface area contributed by atoms with E-state index >= 15 is 0 Å². The Morgan fingerprint density at radius 2 is 2.19 bits per heavy atom. The Morgan fingerprint density at radius 1 is 1.43 bits per heavy atom. The van der Waals surface area contributed by atoms with Gasteiger partial charge >= 0.3 is 12.0 Å². The largest absolute Gasteiger partial charge is 0.462 e. The summed E-state index contributed by atoms with van der Waals surface area (Å²) in [6, 6.07) is 5.30. The van der Waals surface area contributed by atoms with Gasteiger partial charge in [0.1, 0.15) is 5.75 Å². The lowest BCUT2D eigenvalue weighted by Crippen LogP contribution is -2.09. The van der Waals surface area contributed by atoms with Crippen molar-refractivity contribution in [2.75, 3.05) is 12.3 Å². The van der Waals surface area contributed by atoms with Crippen molar-refractivity contribution in [2.45, 2.75) is 13.8 Å². The first kappa shape index (κ1) is 15.2. The highest BCUT2D eigenvalue weighted by atomic mass is 79.9. The Morgan fingerprint density at radius 3 is 2.86 bits per heavy atom. The van der Waals surface area contributed by atoms with Gasteiger partial charge in [-0.25, -0.2) is 9.78 Å². The molecule has 7 heteroatoms. The average molecular weight is 352 g/mol. The number of aromatic nitrogens is 2. The van der Waals surface area contributed by atoms with Crippen LogP contribution in [0.2, 0.25) is 0 Å². The summed E-state index contributed by atoms with van der Waals surface area (Å²) in [7, 11) is 0. The maximum absolute atomic E-state index is 11.7. The summed E-state index contributed by atoms with van der Waals surface area (Å²) in [5.74, 6) is 0.0463. The number of halogens is 1. The molecule has 0 aliphatic heterocycles. The fourth-order valence-electron chi connectivity index (χ4n) is 1.60. The first-order valence-electron chi connectivity index (χ1n) is 6.25. The van der Waals surface area contributed by atoms with E-state index in [0.29, 0.717) is 29.3 Å². The van der Waals surface area contributed by atoms with Crippen molar-refractivity contribution >= 4 is 27.6 Å². The van der Waals surface area contributed by atoms with Gasteiger partial charge in [0.2, 0.25) is 0 Å². The predicted octanol–water partition coefficient (Wildman–Crippen LogP) is 3.10. The summed E-state index contributed by atoms with van der Waals surface area (Å²) in [5, 5.41) is 0. The van der Waals surface area contributed by atoms with Gasteiger partial charge < -0.3 is 15.2 Å². The second-order valence-electron chi connectivity index (χ2n) is 4.16. The van der Waals surface area contributed by atoms with Crippen LogP contribution in [0.3, 0.4) is 0 Å². The highest BCUT2D eigenvalue weighted by Crippen LogP contribution is 2.30. The van der Waals surface area contributed by atoms with Crippen LogP contribution in [0.15, 0.2) is 28.9 Å². The van der Waals surface area contributed by atoms with E-state index in [-0.39, 0.29) is 6.01 Å².